The van der Waals surface area contributed by atoms with E-state index in [1.54, 1.807) is 17.1 Å². The molecular formula is C22H18N8. The number of hydrogen-bond acceptors (Lipinski definition) is 6. The molecule has 0 aromatic carbocycles. The van der Waals surface area contributed by atoms with Crippen molar-refractivity contribution in [1.82, 2.24) is 29.5 Å². The molecule has 0 amide bonds. The fraction of sp³-hybridized carbons (Fsp3) is 0.273. The lowest BCUT2D eigenvalue weighted by molar-refractivity contribution is 0.0884. The summed E-state index contributed by atoms with van der Waals surface area (Å²) >= 11 is 0. The summed E-state index contributed by atoms with van der Waals surface area (Å²) in [5.41, 5.74) is 3.55. The van der Waals surface area contributed by atoms with Crippen molar-refractivity contribution in [2.75, 3.05) is 0 Å². The van der Waals surface area contributed by atoms with Gasteiger partial charge in [-0.05, 0) is 37.1 Å². The Kier molecular flexibility index (Phi) is 4.07. The second-order valence-corrected chi connectivity index (χ2v) is 7.77. The van der Waals surface area contributed by atoms with Crippen molar-refractivity contribution in [2.45, 2.75) is 24.8 Å². The molecule has 0 unspecified atom stereocenters. The van der Waals surface area contributed by atoms with Gasteiger partial charge in [0, 0.05) is 36.6 Å². The van der Waals surface area contributed by atoms with Crippen molar-refractivity contribution in [3.05, 3.63) is 49.1 Å². The van der Waals surface area contributed by atoms with E-state index in [0.717, 1.165) is 33.5 Å². The van der Waals surface area contributed by atoms with Crippen LogP contribution in [0, 0.1) is 28.6 Å². The van der Waals surface area contributed by atoms with Gasteiger partial charge in [0.05, 0.1) is 47.4 Å². The molecular weight excluding hydrogens is 376 g/mol. The van der Waals surface area contributed by atoms with E-state index in [2.05, 4.69) is 22.2 Å². The van der Waals surface area contributed by atoms with E-state index in [1.807, 2.05) is 48.4 Å². The van der Waals surface area contributed by atoms with Gasteiger partial charge in [-0.25, -0.2) is 4.98 Å². The number of nitrogens with zero attached hydrogens (tertiary/aromatic N) is 8. The number of aryl methyl sites for hydroxylation is 1. The molecule has 0 atom stereocenters. The Bertz CT molecular complexity index is 1330. The molecule has 4 heterocycles. The molecule has 146 valence electrons. The molecule has 1 fully saturated rings. The average molecular weight is 394 g/mol. The molecule has 0 bridgehead atoms. The van der Waals surface area contributed by atoms with Crippen LogP contribution in [0.3, 0.4) is 0 Å². The molecule has 4 aromatic heterocycles. The Balaban J connectivity index is 1.62. The van der Waals surface area contributed by atoms with Crippen LogP contribution in [0.1, 0.15) is 19.3 Å². The topological polar surface area (TPSA) is 109 Å². The van der Waals surface area contributed by atoms with Crippen molar-refractivity contribution < 1.29 is 0 Å². The first kappa shape index (κ1) is 18.0. The highest BCUT2D eigenvalue weighted by Gasteiger charge is 2.46. The van der Waals surface area contributed by atoms with Crippen LogP contribution in [0.5, 0.6) is 0 Å². The van der Waals surface area contributed by atoms with Gasteiger partial charge in [0.15, 0.2) is 0 Å². The summed E-state index contributed by atoms with van der Waals surface area (Å²) in [4.78, 5) is 9.40. The highest BCUT2D eigenvalue weighted by molar-refractivity contribution is 5.93. The zero-order valence-corrected chi connectivity index (χ0v) is 16.4. The third-order valence-electron chi connectivity index (χ3n) is 5.76. The lowest BCUT2D eigenvalue weighted by Crippen LogP contribution is -2.46. The minimum atomic E-state index is -0.414. The summed E-state index contributed by atoms with van der Waals surface area (Å²) < 4.78 is 3.59. The van der Waals surface area contributed by atoms with Gasteiger partial charge in [-0.1, -0.05) is 0 Å². The van der Waals surface area contributed by atoms with E-state index in [1.165, 1.54) is 0 Å². The van der Waals surface area contributed by atoms with Crippen LogP contribution in [0.4, 0.5) is 0 Å². The van der Waals surface area contributed by atoms with Crippen molar-refractivity contribution in [3.8, 4) is 34.8 Å². The first-order valence-corrected chi connectivity index (χ1v) is 9.70. The molecule has 0 spiro atoms. The molecule has 1 saturated carbocycles. The minimum absolute atomic E-state index is 0.0249. The molecule has 8 nitrogen and oxygen atoms in total. The second kappa shape index (κ2) is 6.78. The molecule has 0 aliphatic heterocycles. The normalized spacial score (nSPS) is 20.4. The van der Waals surface area contributed by atoms with E-state index in [9.17, 15) is 10.5 Å². The molecule has 5 rings (SSSR count). The Morgan fingerprint density at radius 3 is 2.83 bits per heavy atom. The monoisotopic (exact) mass is 394 g/mol. The lowest BCUT2D eigenvalue weighted by atomic mass is 9.67. The number of nitriles is 2. The number of aromatic nitrogens is 6. The molecule has 8 heteroatoms. The second-order valence-electron chi connectivity index (χ2n) is 7.77. The van der Waals surface area contributed by atoms with Gasteiger partial charge in [-0.15, -0.1) is 0 Å². The molecule has 4 aromatic rings. The zero-order chi connectivity index (χ0) is 20.7. The van der Waals surface area contributed by atoms with Crippen molar-refractivity contribution in [3.63, 3.8) is 0 Å². The standard InChI is InChI=1S/C22H18N8/c1-29-14-16(13-26-29)19-9-20-17(3-2-7-25-20)21(27-19)18-4-8-30(28-18)22(5-6-23)10-15(11-22)12-24/h2-4,7-9,13-15H,5,10-11H2,1H3/t15-,22-. The Labute approximate surface area is 173 Å². The van der Waals surface area contributed by atoms with Crippen LogP contribution in [-0.4, -0.2) is 29.5 Å². The number of rotatable bonds is 4. The summed E-state index contributed by atoms with van der Waals surface area (Å²) in [5, 5.41) is 28.5. The van der Waals surface area contributed by atoms with Gasteiger partial charge in [0.2, 0.25) is 0 Å². The summed E-state index contributed by atoms with van der Waals surface area (Å²) in [5.74, 6) is -0.0249. The highest BCUT2D eigenvalue weighted by Crippen LogP contribution is 2.46. The van der Waals surface area contributed by atoms with Crippen molar-refractivity contribution in [2.24, 2.45) is 13.0 Å². The highest BCUT2D eigenvalue weighted by atomic mass is 15.3. The van der Waals surface area contributed by atoms with Crippen molar-refractivity contribution in [1.29, 1.82) is 10.5 Å². The SMILES string of the molecule is Cn1cc(-c2cc3ncccc3c(-c3ccn([C@]4(CC#N)C[C@@H](C#N)C4)n3)n2)cn1. The van der Waals surface area contributed by atoms with Gasteiger partial charge in [-0.3, -0.25) is 14.3 Å². The number of pyridine rings is 2. The molecule has 1 aliphatic carbocycles. The first-order chi connectivity index (χ1) is 14.6. The Morgan fingerprint density at radius 1 is 1.23 bits per heavy atom. The average Bonchev–Trinajstić information content (AvgIpc) is 3.39. The van der Waals surface area contributed by atoms with Crippen LogP contribution in [0.2, 0.25) is 0 Å². The molecule has 0 N–H and O–H groups in total. The minimum Gasteiger partial charge on any atom is -0.275 e. The maximum atomic E-state index is 9.31. The van der Waals surface area contributed by atoms with Crippen LogP contribution < -0.4 is 0 Å². The third-order valence-corrected chi connectivity index (χ3v) is 5.76. The molecule has 0 saturated heterocycles. The largest absolute Gasteiger partial charge is 0.275 e. The van der Waals surface area contributed by atoms with Gasteiger partial charge in [0.1, 0.15) is 11.4 Å². The van der Waals surface area contributed by atoms with E-state index in [4.69, 9.17) is 10.1 Å². The van der Waals surface area contributed by atoms with Gasteiger partial charge < -0.3 is 0 Å². The summed E-state index contributed by atoms with van der Waals surface area (Å²) in [7, 11) is 1.87. The first-order valence-electron chi connectivity index (χ1n) is 9.70. The third kappa shape index (κ3) is 2.82. The number of hydrogen-bond donors (Lipinski definition) is 0. The van der Waals surface area contributed by atoms with E-state index in [0.29, 0.717) is 19.3 Å². The lowest BCUT2D eigenvalue weighted by Gasteiger charge is -2.43. The Hall–Kier alpha value is -4.04. The summed E-state index contributed by atoms with van der Waals surface area (Å²) in [6, 6.07) is 12.3. The predicted octanol–water partition coefficient (Wildman–Crippen LogP) is 3.44. The maximum absolute atomic E-state index is 9.31. The van der Waals surface area contributed by atoms with Gasteiger partial charge >= 0.3 is 0 Å². The smallest absolute Gasteiger partial charge is 0.111 e. The van der Waals surface area contributed by atoms with E-state index in [-0.39, 0.29) is 5.92 Å². The molecule has 0 radical (unpaired) electrons. The Morgan fingerprint density at radius 2 is 2.10 bits per heavy atom. The number of fused-ring (bicyclic) bond motifs is 1. The zero-order valence-electron chi connectivity index (χ0n) is 16.4. The van der Waals surface area contributed by atoms with Gasteiger partial charge in [0.25, 0.3) is 0 Å². The quantitative estimate of drug-likeness (QED) is 0.524. The van der Waals surface area contributed by atoms with E-state index >= 15 is 0 Å². The van der Waals surface area contributed by atoms with Crippen LogP contribution in [-0.2, 0) is 12.6 Å². The summed E-state index contributed by atoms with van der Waals surface area (Å²) in [6.07, 6.45) is 8.96. The van der Waals surface area contributed by atoms with E-state index < -0.39 is 5.54 Å². The molecule has 1 aliphatic rings. The fourth-order valence-corrected chi connectivity index (χ4v) is 4.19. The van der Waals surface area contributed by atoms with Gasteiger partial charge in [-0.2, -0.15) is 20.7 Å². The maximum Gasteiger partial charge on any atom is 0.111 e. The van der Waals surface area contributed by atoms with Crippen LogP contribution >= 0.6 is 0 Å². The van der Waals surface area contributed by atoms with Crippen LogP contribution in [0.25, 0.3) is 33.5 Å². The fourth-order valence-electron chi connectivity index (χ4n) is 4.19. The predicted molar refractivity (Wildman–Crippen MR) is 110 cm³/mol. The van der Waals surface area contributed by atoms with Crippen LogP contribution in [0.15, 0.2) is 49.1 Å². The summed E-state index contributed by atoms with van der Waals surface area (Å²) in [6.45, 7) is 0. The molecule has 30 heavy (non-hydrogen) atoms. The van der Waals surface area contributed by atoms with Crippen molar-refractivity contribution >= 4 is 10.9 Å².